The Morgan fingerprint density at radius 1 is 1.31 bits per heavy atom. The van der Waals surface area contributed by atoms with Crippen LogP contribution in [0.3, 0.4) is 0 Å². The third-order valence-electron chi connectivity index (χ3n) is 2.41. The highest BCUT2D eigenvalue weighted by Crippen LogP contribution is 2.39. The van der Waals surface area contributed by atoms with E-state index < -0.39 is 7.12 Å². The molecule has 0 aromatic heterocycles. The van der Waals surface area contributed by atoms with Crippen LogP contribution in [-0.4, -0.2) is 17.2 Å². The Balaban J connectivity index is 2.42. The molecule has 4 heteroatoms. The van der Waals surface area contributed by atoms with E-state index in [1.165, 1.54) is 0 Å². The van der Waals surface area contributed by atoms with Crippen molar-refractivity contribution in [1.29, 1.82) is 0 Å². The molecule has 0 atom stereocenters. The van der Waals surface area contributed by atoms with Gasteiger partial charge in [0.15, 0.2) is 0 Å². The van der Waals surface area contributed by atoms with Gasteiger partial charge in [0.25, 0.3) is 0 Å². The van der Waals surface area contributed by atoms with E-state index in [0.717, 1.165) is 18.4 Å². The highest BCUT2D eigenvalue weighted by molar-refractivity contribution is 6.59. The lowest BCUT2D eigenvalue weighted by molar-refractivity contribution is 0.425. The molecule has 1 saturated carbocycles. The Morgan fingerprint density at radius 2 is 2.00 bits per heavy atom. The van der Waals surface area contributed by atoms with E-state index in [0.29, 0.717) is 17.1 Å². The molecule has 4 N–H and O–H groups in total. The van der Waals surface area contributed by atoms with Gasteiger partial charge in [-0.1, -0.05) is 6.07 Å². The minimum absolute atomic E-state index is 0.486. The van der Waals surface area contributed by atoms with Crippen LogP contribution in [0, 0.1) is 0 Å². The van der Waals surface area contributed by atoms with Gasteiger partial charge in [0, 0.05) is 5.69 Å². The van der Waals surface area contributed by atoms with Crippen molar-refractivity contribution in [2.75, 3.05) is 5.73 Å². The predicted molar refractivity (Wildman–Crippen MR) is 52.7 cm³/mol. The maximum atomic E-state index is 9.09. The first-order valence-electron chi connectivity index (χ1n) is 4.44. The third kappa shape index (κ3) is 1.69. The Morgan fingerprint density at radius 3 is 2.54 bits per heavy atom. The highest BCUT2D eigenvalue weighted by Gasteiger charge is 2.29. The van der Waals surface area contributed by atoms with E-state index in [2.05, 4.69) is 0 Å². The summed E-state index contributed by atoms with van der Waals surface area (Å²) in [6.07, 6.45) is 2.26. The van der Waals surface area contributed by atoms with Crippen LogP contribution >= 0.6 is 0 Å². The summed E-state index contributed by atoms with van der Waals surface area (Å²) in [6.45, 7) is 0. The van der Waals surface area contributed by atoms with Crippen LogP contribution in [-0.2, 0) is 0 Å². The van der Waals surface area contributed by atoms with Gasteiger partial charge in [-0.05, 0) is 41.9 Å². The fourth-order valence-electron chi connectivity index (χ4n) is 1.58. The first-order chi connectivity index (χ1) is 6.18. The molecule has 0 amide bonds. The standard InChI is InChI=1S/C9H12BNO2/c11-7-3-4-9(10(12)13)8(5-7)6-1-2-6/h3-6,12-13H,1-2,11H2. The van der Waals surface area contributed by atoms with Crippen LogP contribution in [0.2, 0.25) is 0 Å². The summed E-state index contributed by atoms with van der Waals surface area (Å²) in [6, 6.07) is 5.22. The SMILES string of the molecule is Nc1ccc(B(O)O)c(C2CC2)c1. The molecule has 0 saturated heterocycles. The van der Waals surface area contributed by atoms with Crippen molar-refractivity contribution in [2.24, 2.45) is 0 Å². The molecule has 1 aliphatic rings. The molecule has 0 radical (unpaired) electrons. The maximum absolute atomic E-state index is 9.09. The first-order valence-corrected chi connectivity index (χ1v) is 4.44. The molecule has 0 spiro atoms. The summed E-state index contributed by atoms with van der Waals surface area (Å²) in [4.78, 5) is 0. The van der Waals surface area contributed by atoms with Crippen LogP contribution in [0.25, 0.3) is 0 Å². The number of nitrogen functional groups attached to an aromatic ring is 1. The Kier molecular flexibility index (Phi) is 2.02. The molecule has 0 bridgehead atoms. The van der Waals surface area contributed by atoms with Gasteiger partial charge in [-0.3, -0.25) is 0 Å². The molecule has 1 fully saturated rings. The van der Waals surface area contributed by atoms with E-state index in [1.54, 1.807) is 12.1 Å². The average Bonchev–Trinajstić information content (AvgIpc) is 2.85. The summed E-state index contributed by atoms with van der Waals surface area (Å²) in [5.41, 5.74) is 7.91. The maximum Gasteiger partial charge on any atom is 0.488 e. The Bertz CT molecular complexity index is 323. The zero-order valence-electron chi connectivity index (χ0n) is 7.27. The number of anilines is 1. The normalized spacial score (nSPS) is 15.8. The van der Waals surface area contributed by atoms with E-state index in [4.69, 9.17) is 15.8 Å². The molecule has 1 aromatic carbocycles. The van der Waals surface area contributed by atoms with Gasteiger partial charge in [0.05, 0.1) is 0 Å². The van der Waals surface area contributed by atoms with E-state index in [9.17, 15) is 0 Å². The van der Waals surface area contributed by atoms with E-state index >= 15 is 0 Å². The second kappa shape index (κ2) is 3.05. The zero-order valence-corrected chi connectivity index (χ0v) is 7.27. The molecule has 13 heavy (non-hydrogen) atoms. The molecular formula is C9H12BNO2. The van der Waals surface area contributed by atoms with Crippen LogP contribution in [0.4, 0.5) is 5.69 Å². The highest BCUT2D eigenvalue weighted by atomic mass is 16.4. The number of hydrogen-bond acceptors (Lipinski definition) is 3. The number of nitrogens with two attached hydrogens (primary N) is 1. The number of hydrogen-bond donors (Lipinski definition) is 3. The van der Waals surface area contributed by atoms with Crippen LogP contribution in [0.15, 0.2) is 18.2 Å². The minimum Gasteiger partial charge on any atom is -0.423 e. The number of benzene rings is 1. The molecule has 2 rings (SSSR count). The van der Waals surface area contributed by atoms with Gasteiger partial charge >= 0.3 is 7.12 Å². The lowest BCUT2D eigenvalue weighted by atomic mass is 9.76. The smallest absolute Gasteiger partial charge is 0.423 e. The van der Waals surface area contributed by atoms with Crippen molar-refractivity contribution in [2.45, 2.75) is 18.8 Å². The second-order valence-electron chi connectivity index (χ2n) is 3.54. The molecule has 1 aliphatic carbocycles. The van der Waals surface area contributed by atoms with Gasteiger partial charge in [-0.15, -0.1) is 0 Å². The largest absolute Gasteiger partial charge is 0.488 e. The van der Waals surface area contributed by atoms with Crippen LogP contribution in [0.1, 0.15) is 24.3 Å². The molecule has 68 valence electrons. The van der Waals surface area contributed by atoms with Gasteiger partial charge in [0.1, 0.15) is 0 Å². The lowest BCUT2D eigenvalue weighted by Crippen LogP contribution is -2.32. The molecule has 0 unspecified atom stereocenters. The zero-order chi connectivity index (χ0) is 9.42. The molecule has 3 nitrogen and oxygen atoms in total. The number of rotatable bonds is 2. The van der Waals surface area contributed by atoms with Crippen molar-refractivity contribution in [3.63, 3.8) is 0 Å². The summed E-state index contributed by atoms with van der Waals surface area (Å²) in [5, 5.41) is 18.2. The summed E-state index contributed by atoms with van der Waals surface area (Å²) < 4.78 is 0. The summed E-state index contributed by atoms with van der Waals surface area (Å²) in [5.74, 6) is 0.486. The first kappa shape index (κ1) is 8.60. The van der Waals surface area contributed by atoms with Crippen molar-refractivity contribution in [3.8, 4) is 0 Å². The van der Waals surface area contributed by atoms with Crippen molar-refractivity contribution in [1.82, 2.24) is 0 Å². The lowest BCUT2D eigenvalue weighted by Gasteiger charge is -2.08. The predicted octanol–water partition coefficient (Wildman–Crippen LogP) is -0.174. The fourth-order valence-corrected chi connectivity index (χ4v) is 1.58. The molecule has 0 heterocycles. The van der Waals surface area contributed by atoms with Gasteiger partial charge in [0.2, 0.25) is 0 Å². The fraction of sp³-hybridized carbons (Fsp3) is 0.333. The Hall–Kier alpha value is -0.995. The molecule has 1 aromatic rings. The topological polar surface area (TPSA) is 66.5 Å². The van der Waals surface area contributed by atoms with Crippen LogP contribution in [0.5, 0.6) is 0 Å². The van der Waals surface area contributed by atoms with Crippen molar-refractivity contribution < 1.29 is 10.0 Å². The van der Waals surface area contributed by atoms with Gasteiger partial charge in [-0.25, -0.2) is 0 Å². The summed E-state index contributed by atoms with van der Waals surface area (Å²) >= 11 is 0. The minimum atomic E-state index is -1.38. The van der Waals surface area contributed by atoms with Crippen molar-refractivity contribution >= 4 is 18.3 Å². The van der Waals surface area contributed by atoms with Gasteiger partial charge in [-0.2, -0.15) is 0 Å². The van der Waals surface area contributed by atoms with E-state index in [-0.39, 0.29) is 0 Å². The Labute approximate surface area is 77.3 Å². The second-order valence-corrected chi connectivity index (χ2v) is 3.54. The van der Waals surface area contributed by atoms with Crippen LogP contribution < -0.4 is 11.2 Å². The average molecular weight is 177 g/mol. The monoisotopic (exact) mass is 177 g/mol. The van der Waals surface area contributed by atoms with Gasteiger partial charge < -0.3 is 15.8 Å². The summed E-state index contributed by atoms with van der Waals surface area (Å²) in [7, 11) is -1.38. The van der Waals surface area contributed by atoms with Crippen molar-refractivity contribution in [3.05, 3.63) is 23.8 Å². The third-order valence-corrected chi connectivity index (χ3v) is 2.41. The quantitative estimate of drug-likeness (QED) is 0.433. The molecular weight excluding hydrogens is 165 g/mol. The van der Waals surface area contributed by atoms with E-state index in [1.807, 2.05) is 6.07 Å². The molecule has 0 aliphatic heterocycles.